The quantitative estimate of drug-likeness (QED) is 0.722. The lowest BCUT2D eigenvalue weighted by atomic mass is 10.3. The van der Waals surface area contributed by atoms with Crippen molar-refractivity contribution in [2.45, 2.75) is 17.5 Å². The van der Waals surface area contributed by atoms with Crippen LogP contribution >= 0.6 is 23.2 Å². The maximum absolute atomic E-state index is 11.0. The molecule has 6 heteroatoms. The highest BCUT2D eigenvalue weighted by molar-refractivity contribution is 6.53. The Hall–Kier alpha value is -0.0300. The second-order valence-electron chi connectivity index (χ2n) is 2.85. The van der Waals surface area contributed by atoms with Gasteiger partial charge in [0.05, 0.1) is 19.8 Å². The van der Waals surface area contributed by atoms with Crippen molar-refractivity contribution in [3.05, 3.63) is 0 Å². The van der Waals surface area contributed by atoms with Crippen LogP contribution in [0.25, 0.3) is 0 Å². The van der Waals surface area contributed by atoms with Gasteiger partial charge in [-0.2, -0.15) is 0 Å². The molecule has 0 aromatic carbocycles. The molecule has 1 fully saturated rings. The first-order valence-electron chi connectivity index (χ1n) is 3.87. The monoisotopic (exact) mass is 227 g/mol. The molecule has 1 aliphatic heterocycles. The van der Waals surface area contributed by atoms with E-state index in [4.69, 9.17) is 32.7 Å². The van der Waals surface area contributed by atoms with Crippen molar-refractivity contribution in [3.63, 3.8) is 0 Å². The fourth-order valence-electron chi connectivity index (χ4n) is 0.984. The second-order valence-corrected chi connectivity index (χ2v) is 3.95. The van der Waals surface area contributed by atoms with Crippen molar-refractivity contribution in [3.8, 4) is 0 Å². The van der Waals surface area contributed by atoms with E-state index < -0.39 is 16.5 Å². The zero-order valence-corrected chi connectivity index (χ0v) is 8.69. The van der Waals surface area contributed by atoms with Crippen molar-refractivity contribution in [1.82, 2.24) is 5.32 Å². The third-order valence-electron chi connectivity index (χ3n) is 1.68. The maximum Gasteiger partial charge on any atom is 0.253 e. The van der Waals surface area contributed by atoms with Crippen LogP contribution in [0.5, 0.6) is 0 Å². The van der Waals surface area contributed by atoms with Gasteiger partial charge in [-0.1, -0.05) is 23.2 Å². The first-order chi connectivity index (χ1) is 6.03. The Bertz CT molecular complexity index is 192. The Labute approximate surface area is 86.5 Å². The van der Waals surface area contributed by atoms with Gasteiger partial charge in [-0.15, -0.1) is 0 Å². The van der Waals surface area contributed by atoms with Gasteiger partial charge in [-0.3, -0.25) is 4.79 Å². The van der Waals surface area contributed by atoms with Gasteiger partial charge in [-0.05, 0) is 6.92 Å². The molecule has 0 aliphatic carbocycles. The van der Waals surface area contributed by atoms with Gasteiger partial charge >= 0.3 is 0 Å². The lowest BCUT2D eigenvalue weighted by Gasteiger charge is -2.22. The molecule has 0 aromatic rings. The van der Waals surface area contributed by atoms with Crippen LogP contribution in [0.15, 0.2) is 0 Å². The van der Waals surface area contributed by atoms with E-state index in [1.165, 1.54) is 0 Å². The number of halogens is 2. The van der Waals surface area contributed by atoms with E-state index in [2.05, 4.69) is 5.32 Å². The highest BCUT2D eigenvalue weighted by atomic mass is 35.5. The standard InChI is InChI=1S/C7H11Cl2NO3/c1-7(12-2-3-13-7)4-10-6(11)5(8)9/h5H,2-4H2,1H3,(H,10,11). The third-order valence-corrected chi connectivity index (χ3v) is 2.08. The summed E-state index contributed by atoms with van der Waals surface area (Å²) >= 11 is 10.7. The van der Waals surface area contributed by atoms with Crippen LogP contribution in [0.1, 0.15) is 6.92 Å². The Morgan fingerprint density at radius 1 is 1.54 bits per heavy atom. The van der Waals surface area contributed by atoms with Crippen molar-refractivity contribution >= 4 is 29.1 Å². The maximum atomic E-state index is 11.0. The lowest BCUT2D eigenvalue weighted by Crippen LogP contribution is -2.43. The van der Waals surface area contributed by atoms with Crippen LogP contribution in [0.3, 0.4) is 0 Å². The van der Waals surface area contributed by atoms with Gasteiger partial charge in [0.1, 0.15) is 0 Å². The molecule has 1 N–H and O–H groups in total. The average molecular weight is 228 g/mol. The molecule has 1 saturated heterocycles. The van der Waals surface area contributed by atoms with Crippen LogP contribution in [0, 0.1) is 0 Å². The summed E-state index contributed by atoms with van der Waals surface area (Å²) in [6.45, 7) is 3.08. The molecule has 1 rings (SSSR count). The Balaban J connectivity index is 2.29. The number of nitrogens with one attached hydrogen (secondary N) is 1. The minimum absolute atomic E-state index is 0.252. The van der Waals surface area contributed by atoms with E-state index in [0.717, 1.165) is 0 Å². The fourth-order valence-corrected chi connectivity index (χ4v) is 1.14. The van der Waals surface area contributed by atoms with Gasteiger partial charge in [-0.25, -0.2) is 0 Å². The number of hydrogen-bond acceptors (Lipinski definition) is 3. The normalized spacial score (nSPS) is 20.6. The third kappa shape index (κ3) is 3.31. The topological polar surface area (TPSA) is 47.6 Å². The van der Waals surface area contributed by atoms with E-state index in [1.807, 2.05) is 0 Å². The number of amides is 1. The van der Waals surface area contributed by atoms with Crippen LogP contribution in [-0.2, 0) is 14.3 Å². The first kappa shape index (κ1) is 11.0. The van der Waals surface area contributed by atoms with Crippen molar-refractivity contribution in [2.75, 3.05) is 19.8 Å². The summed E-state index contributed by atoms with van der Waals surface area (Å²) in [5.74, 6) is -1.18. The molecule has 0 radical (unpaired) electrons. The van der Waals surface area contributed by atoms with Crippen molar-refractivity contribution in [1.29, 1.82) is 0 Å². The van der Waals surface area contributed by atoms with Gasteiger partial charge in [0.15, 0.2) is 10.6 Å². The molecule has 0 bridgehead atoms. The lowest BCUT2D eigenvalue weighted by molar-refractivity contribution is -0.144. The van der Waals surface area contributed by atoms with Gasteiger partial charge < -0.3 is 14.8 Å². The summed E-state index contributed by atoms with van der Waals surface area (Å²) < 4.78 is 10.5. The molecular weight excluding hydrogens is 217 g/mol. The van der Waals surface area contributed by atoms with Crippen LogP contribution in [0.2, 0.25) is 0 Å². The van der Waals surface area contributed by atoms with E-state index in [9.17, 15) is 4.79 Å². The number of rotatable bonds is 3. The average Bonchev–Trinajstić information content (AvgIpc) is 2.48. The van der Waals surface area contributed by atoms with E-state index in [0.29, 0.717) is 13.2 Å². The van der Waals surface area contributed by atoms with Gasteiger partial charge in [0.25, 0.3) is 5.91 Å². The molecule has 76 valence electrons. The fraction of sp³-hybridized carbons (Fsp3) is 0.857. The van der Waals surface area contributed by atoms with Crippen LogP contribution in [0.4, 0.5) is 0 Å². The molecular formula is C7H11Cl2NO3. The van der Waals surface area contributed by atoms with Crippen molar-refractivity contribution in [2.24, 2.45) is 0 Å². The van der Waals surface area contributed by atoms with E-state index in [-0.39, 0.29) is 6.54 Å². The number of hydrogen-bond donors (Lipinski definition) is 1. The Morgan fingerprint density at radius 3 is 2.54 bits per heavy atom. The smallest absolute Gasteiger partial charge is 0.253 e. The molecule has 0 aromatic heterocycles. The Morgan fingerprint density at radius 2 is 2.08 bits per heavy atom. The predicted molar refractivity (Wildman–Crippen MR) is 48.8 cm³/mol. The summed E-state index contributed by atoms with van der Waals surface area (Å²) in [5.41, 5.74) is 0. The zero-order chi connectivity index (χ0) is 9.90. The molecule has 0 atom stereocenters. The Kier molecular flexibility index (Phi) is 3.79. The van der Waals surface area contributed by atoms with Gasteiger partial charge in [0, 0.05) is 0 Å². The summed E-state index contributed by atoms with van der Waals surface area (Å²) in [5, 5.41) is 2.51. The summed E-state index contributed by atoms with van der Waals surface area (Å²) in [6, 6.07) is 0. The number of carbonyl (C=O) groups excluding carboxylic acids is 1. The molecule has 0 spiro atoms. The highest BCUT2D eigenvalue weighted by Gasteiger charge is 2.31. The minimum atomic E-state index is -1.05. The summed E-state index contributed by atoms with van der Waals surface area (Å²) in [7, 11) is 0. The molecule has 13 heavy (non-hydrogen) atoms. The SMILES string of the molecule is CC1(CNC(=O)C(Cl)Cl)OCCO1. The molecule has 4 nitrogen and oxygen atoms in total. The molecule has 1 amide bonds. The minimum Gasteiger partial charge on any atom is -0.348 e. The molecule has 0 unspecified atom stereocenters. The van der Waals surface area contributed by atoms with Crippen molar-refractivity contribution < 1.29 is 14.3 Å². The van der Waals surface area contributed by atoms with Crippen LogP contribution < -0.4 is 5.32 Å². The molecule has 1 heterocycles. The van der Waals surface area contributed by atoms with Crippen LogP contribution in [-0.4, -0.2) is 36.3 Å². The summed E-state index contributed by atoms with van der Waals surface area (Å²) in [4.78, 5) is 9.90. The largest absolute Gasteiger partial charge is 0.348 e. The predicted octanol–water partition coefficient (Wildman–Crippen LogP) is 0.669. The second kappa shape index (κ2) is 4.46. The molecule has 0 saturated carbocycles. The zero-order valence-electron chi connectivity index (χ0n) is 7.18. The first-order valence-corrected chi connectivity index (χ1v) is 4.74. The number of alkyl halides is 2. The molecule has 1 aliphatic rings. The highest BCUT2D eigenvalue weighted by Crippen LogP contribution is 2.17. The number of carbonyl (C=O) groups is 1. The van der Waals surface area contributed by atoms with E-state index >= 15 is 0 Å². The van der Waals surface area contributed by atoms with E-state index in [1.54, 1.807) is 6.92 Å². The number of ether oxygens (including phenoxy) is 2. The van der Waals surface area contributed by atoms with Gasteiger partial charge in [0.2, 0.25) is 0 Å². The summed E-state index contributed by atoms with van der Waals surface area (Å²) in [6.07, 6.45) is 0.